The van der Waals surface area contributed by atoms with E-state index in [0.717, 1.165) is 11.1 Å². The van der Waals surface area contributed by atoms with E-state index in [1.807, 2.05) is 45.0 Å². The molecular weight excluding hydrogens is 317 g/mol. The van der Waals surface area contributed by atoms with Crippen molar-refractivity contribution in [3.8, 4) is 6.07 Å². The summed E-state index contributed by atoms with van der Waals surface area (Å²) in [4.78, 5) is 12.4. The van der Waals surface area contributed by atoms with Crippen molar-refractivity contribution in [1.82, 2.24) is 0 Å². The molecular formula is C20H20FN3O. The normalized spacial score (nSPS) is 11.1. The summed E-state index contributed by atoms with van der Waals surface area (Å²) in [5.41, 5.74) is 2.67. The molecule has 0 bridgehead atoms. The Morgan fingerprint density at radius 3 is 2.56 bits per heavy atom. The van der Waals surface area contributed by atoms with Crippen LogP contribution in [0.25, 0.3) is 0 Å². The zero-order chi connectivity index (χ0) is 18.4. The average Bonchev–Trinajstić information content (AvgIpc) is 2.58. The molecule has 25 heavy (non-hydrogen) atoms. The first kappa shape index (κ1) is 18.2. The SMILES string of the molecule is Cc1cccc(C(C)C)c1NC(=O)/C(C#N)=C\Nc1ccccc1F. The maximum absolute atomic E-state index is 13.6. The van der Waals surface area contributed by atoms with E-state index in [-0.39, 0.29) is 17.2 Å². The molecule has 0 aliphatic rings. The van der Waals surface area contributed by atoms with Gasteiger partial charge in [-0.2, -0.15) is 5.26 Å². The van der Waals surface area contributed by atoms with Crippen molar-refractivity contribution in [2.45, 2.75) is 26.7 Å². The van der Waals surface area contributed by atoms with Crippen molar-refractivity contribution in [3.63, 3.8) is 0 Å². The van der Waals surface area contributed by atoms with E-state index in [1.54, 1.807) is 12.1 Å². The zero-order valence-corrected chi connectivity index (χ0v) is 14.4. The Morgan fingerprint density at radius 2 is 1.92 bits per heavy atom. The lowest BCUT2D eigenvalue weighted by Gasteiger charge is -2.16. The van der Waals surface area contributed by atoms with E-state index in [1.165, 1.54) is 18.3 Å². The summed E-state index contributed by atoms with van der Waals surface area (Å²) >= 11 is 0. The highest BCUT2D eigenvalue weighted by Crippen LogP contribution is 2.27. The molecule has 0 spiro atoms. The molecule has 5 heteroatoms. The molecule has 2 aromatic carbocycles. The summed E-state index contributed by atoms with van der Waals surface area (Å²) in [7, 11) is 0. The first-order valence-electron chi connectivity index (χ1n) is 7.96. The van der Waals surface area contributed by atoms with Gasteiger partial charge in [0.25, 0.3) is 5.91 Å². The molecule has 128 valence electrons. The number of amides is 1. The van der Waals surface area contributed by atoms with Crippen LogP contribution in [0, 0.1) is 24.1 Å². The molecule has 2 N–H and O–H groups in total. The van der Waals surface area contributed by atoms with Crippen LogP contribution in [0.5, 0.6) is 0 Å². The van der Waals surface area contributed by atoms with Gasteiger partial charge in [-0.25, -0.2) is 4.39 Å². The van der Waals surface area contributed by atoms with E-state index in [9.17, 15) is 14.4 Å². The van der Waals surface area contributed by atoms with Crippen molar-refractivity contribution >= 4 is 17.3 Å². The molecule has 2 aromatic rings. The number of hydrogen-bond acceptors (Lipinski definition) is 3. The quantitative estimate of drug-likeness (QED) is 0.613. The van der Waals surface area contributed by atoms with E-state index >= 15 is 0 Å². The number of nitriles is 1. The number of rotatable bonds is 5. The van der Waals surface area contributed by atoms with Gasteiger partial charge in [0, 0.05) is 11.9 Å². The van der Waals surface area contributed by atoms with Crippen molar-refractivity contribution in [1.29, 1.82) is 5.26 Å². The second-order valence-corrected chi connectivity index (χ2v) is 5.94. The van der Waals surface area contributed by atoms with Crippen molar-refractivity contribution in [2.75, 3.05) is 10.6 Å². The van der Waals surface area contributed by atoms with Gasteiger partial charge in [-0.3, -0.25) is 4.79 Å². The van der Waals surface area contributed by atoms with E-state index < -0.39 is 11.7 Å². The molecule has 0 unspecified atom stereocenters. The third-order valence-electron chi connectivity index (χ3n) is 3.78. The molecule has 4 nitrogen and oxygen atoms in total. The van der Waals surface area contributed by atoms with Gasteiger partial charge in [0.2, 0.25) is 0 Å². The van der Waals surface area contributed by atoms with E-state index in [2.05, 4.69) is 10.6 Å². The summed E-state index contributed by atoms with van der Waals surface area (Å²) in [6, 6.07) is 13.7. The van der Waals surface area contributed by atoms with E-state index in [0.29, 0.717) is 5.69 Å². The summed E-state index contributed by atoms with van der Waals surface area (Å²) in [6.45, 7) is 5.96. The van der Waals surface area contributed by atoms with Crippen molar-refractivity contribution in [2.24, 2.45) is 0 Å². The summed E-state index contributed by atoms with van der Waals surface area (Å²) in [6.07, 6.45) is 1.21. The fourth-order valence-corrected chi connectivity index (χ4v) is 2.40. The van der Waals surface area contributed by atoms with Crippen LogP contribution in [0.4, 0.5) is 15.8 Å². The minimum Gasteiger partial charge on any atom is -0.358 e. The van der Waals surface area contributed by atoms with Gasteiger partial charge < -0.3 is 10.6 Å². The highest BCUT2D eigenvalue weighted by Gasteiger charge is 2.15. The Balaban J connectivity index is 2.23. The van der Waals surface area contributed by atoms with Gasteiger partial charge in [0.05, 0.1) is 5.69 Å². The molecule has 0 saturated carbocycles. The summed E-state index contributed by atoms with van der Waals surface area (Å²) in [5.74, 6) is -0.777. The molecule has 0 heterocycles. The second-order valence-electron chi connectivity index (χ2n) is 5.94. The number of benzene rings is 2. The van der Waals surface area contributed by atoms with Crippen LogP contribution in [0.2, 0.25) is 0 Å². The minimum atomic E-state index is -0.539. The Labute approximate surface area is 147 Å². The Morgan fingerprint density at radius 1 is 1.20 bits per heavy atom. The predicted molar refractivity (Wildman–Crippen MR) is 97.6 cm³/mol. The summed E-state index contributed by atoms with van der Waals surface area (Å²) in [5, 5.41) is 14.7. The molecule has 0 fully saturated rings. The van der Waals surface area contributed by atoms with Gasteiger partial charge in [-0.15, -0.1) is 0 Å². The van der Waals surface area contributed by atoms with Gasteiger partial charge in [0.15, 0.2) is 0 Å². The highest BCUT2D eigenvalue weighted by molar-refractivity contribution is 6.07. The maximum Gasteiger partial charge on any atom is 0.267 e. The Bertz CT molecular complexity index is 850. The number of nitrogens with one attached hydrogen (secondary N) is 2. The largest absolute Gasteiger partial charge is 0.358 e. The van der Waals surface area contributed by atoms with Crippen LogP contribution in [0.1, 0.15) is 30.9 Å². The van der Waals surface area contributed by atoms with Gasteiger partial charge in [-0.05, 0) is 36.1 Å². The smallest absolute Gasteiger partial charge is 0.267 e. The second kappa shape index (κ2) is 8.11. The average molecular weight is 337 g/mol. The van der Waals surface area contributed by atoms with Crippen molar-refractivity contribution < 1.29 is 9.18 Å². The fraction of sp³-hybridized carbons (Fsp3) is 0.200. The number of halogens is 1. The number of anilines is 2. The third kappa shape index (κ3) is 4.45. The lowest BCUT2D eigenvalue weighted by Crippen LogP contribution is -2.17. The molecule has 2 rings (SSSR count). The van der Waals surface area contributed by atoms with Crippen LogP contribution >= 0.6 is 0 Å². The van der Waals surface area contributed by atoms with Crippen LogP contribution in [0.3, 0.4) is 0 Å². The minimum absolute atomic E-state index is 0.138. The number of aryl methyl sites for hydroxylation is 1. The lowest BCUT2D eigenvalue weighted by molar-refractivity contribution is -0.112. The Kier molecular flexibility index (Phi) is 5.91. The van der Waals surface area contributed by atoms with Gasteiger partial charge in [-0.1, -0.05) is 44.2 Å². The fourth-order valence-electron chi connectivity index (χ4n) is 2.40. The van der Waals surface area contributed by atoms with Gasteiger partial charge >= 0.3 is 0 Å². The molecule has 0 radical (unpaired) electrons. The Hall–Kier alpha value is -3.13. The molecule has 0 aliphatic carbocycles. The molecule has 0 aromatic heterocycles. The lowest BCUT2D eigenvalue weighted by atomic mass is 9.98. The highest BCUT2D eigenvalue weighted by atomic mass is 19.1. The van der Waals surface area contributed by atoms with E-state index in [4.69, 9.17) is 0 Å². The molecule has 0 aliphatic heterocycles. The first-order chi connectivity index (χ1) is 11.9. The number of carbonyl (C=O) groups excluding carboxylic acids is 1. The van der Waals surface area contributed by atoms with Crippen LogP contribution in [-0.4, -0.2) is 5.91 Å². The molecule has 0 saturated heterocycles. The number of nitrogens with zero attached hydrogens (tertiary/aromatic N) is 1. The maximum atomic E-state index is 13.6. The number of para-hydroxylation sites is 2. The zero-order valence-electron chi connectivity index (χ0n) is 14.4. The van der Waals surface area contributed by atoms with Crippen LogP contribution in [-0.2, 0) is 4.79 Å². The van der Waals surface area contributed by atoms with Crippen LogP contribution < -0.4 is 10.6 Å². The third-order valence-corrected chi connectivity index (χ3v) is 3.78. The number of carbonyl (C=O) groups is 1. The van der Waals surface area contributed by atoms with Crippen molar-refractivity contribution in [3.05, 3.63) is 71.2 Å². The topological polar surface area (TPSA) is 64.9 Å². The molecule has 0 atom stereocenters. The first-order valence-corrected chi connectivity index (χ1v) is 7.96. The number of hydrogen-bond donors (Lipinski definition) is 2. The monoisotopic (exact) mass is 337 g/mol. The standard InChI is InChI=1S/C20H20FN3O/c1-13(2)16-8-6-7-14(3)19(16)24-20(25)15(11-22)12-23-18-10-5-4-9-17(18)21/h4-10,12-13,23H,1-3H3,(H,24,25)/b15-12-. The predicted octanol–water partition coefficient (Wildman–Crippen LogP) is 4.72. The molecule has 1 amide bonds. The van der Waals surface area contributed by atoms with Crippen LogP contribution in [0.15, 0.2) is 54.2 Å². The van der Waals surface area contributed by atoms with Gasteiger partial charge in [0.1, 0.15) is 17.5 Å². The summed E-state index contributed by atoms with van der Waals surface area (Å²) < 4.78 is 13.6.